The highest BCUT2D eigenvalue weighted by atomic mass is 28.5. The van der Waals surface area contributed by atoms with Crippen molar-refractivity contribution in [1.29, 1.82) is 0 Å². The van der Waals surface area contributed by atoms with Crippen LogP contribution in [0.2, 0.25) is 65.0 Å². The van der Waals surface area contributed by atoms with Gasteiger partial charge in [-0.15, -0.1) is 0 Å². The van der Waals surface area contributed by atoms with Gasteiger partial charge in [0.1, 0.15) is 6.79 Å². The Morgan fingerprint density at radius 1 is 0.650 bits per heavy atom. The van der Waals surface area contributed by atoms with Crippen molar-refractivity contribution in [2.45, 2.75) is 91.2 Å². The number of hydrogen-bond donors (Lipinski definition) is 4. The summed E-state index contributed by atoms with van der Waals surface area (Å²) in [4.78, 5) is 9.22. The Balaban J connectivity index is 0. The molecule has 13 nitrogen and oxygen atoms in total. The molecule has 0 radical (unpaired) electrons. The lowest BCUT2D eigenvalue weighted by Crippen LogP contribution is -2.53. The maximum absolute atomic E-state index is 9.22. The van der Waals surface area contributed by atoms with Crippen molar-refractivity contribution in [2.24, 2.45) is 5.73 Å². The van der Waals surface area contributed by atoms with E-state index in [-0.39, 0.29) is 20.0 Å². The van der Waals surface area contributed by atoms with Crippen molar-refractivity contribution < 1.29 is 53.0 Å². The summed E-state index contributed by atoms with van der Waals surface area (Å²) in [7, 11) is -16.5. The Hall–Kier alpha value is 1.22. The van der Waals surface area contributed by atoms with Gasteiger partial charge in [0.2, 0.25) is 0 Å². The van der Waals surface area contributed by atoms with Crippen LogP contribution in [0.15, 0.2) is 0 Å². The van der Waals surface area contributed by atoms with E-state index in [1.807, 2.05) is 46.2 Å². The maximum atomic E-state index is 9.22. The van der Waals surface area contributed by atoms with Crippen LogP contribution in [0.1, 0.15) is 26.2 Å². The first-order valence-corrected chi connectivity index (χ1v) is 31.1. The smallest absolute Gasteiger partial charge is 0.441 e. The normalized spacial score (nSPS) is 15.4. The third-order valence-electron chi connectivity index (χ3n) is 4.79. The van der Waals surface area contributed by atoms with Gasteiger partial charge in [-0.3, -0.25) is 0 Å². The lowest BCUT2D eigenvalue weighted by atomic mass is 10.3. The molecule has 0 saturated heterocycles. The molecule has 0 rings (SSSR count). The van der Waals surface area contributed by atoms with E-state index in [0.717, 1.165) is 12.8 Å². The summed E-state index contributed by atoms with van der Waals surface area (Å²) in [6.45, 7) is 21.5. The van der Waals surface area contributed by atoms with E-state index in [2.05, 4.69) is 19.6 Å². The molecule has 0 heterocycles. The number of hydrogen-bond acceptors (Lipinski definition) is 13. The number of aliphatic hydroxyl groups excluding tert-OH is 2. The summed E-state index contributed by atoms with van der Waals surface area (Å²) in [5, 5.41) is 16.2. The molecule has 40 heavy (non-hydrogen) atoms. The molecule has 0 aromatic carbocycles. The van der Waals surface area contributed by atoms with Gasteiger partial charge in [0.05, 0.1) is 0 Å². The van der Waals surface area contributed by atoms with Gasteiger partial charge < -0.3 is 58.7 Å². The van der Waals surface area contributed by atoms with E-state index in [0.29, 0.717) is 25.6 Å². The molecule has 0 fully saturated rings. The van der Waals surface area contributed by atoms with Gasteiger partial charge in [-0.1, -0.05) is 0 Å². The molecule has 21 heteroatoms. The minimum atomic E-state index is -3.16. The van der Waals surface area contributed by atoms with E-state index in [9.17, 15) is 4.80 Å². The molecule has 0 aliphatic heterocycles. The SMILES string of the molecule is CCO[Si](C)(C)O[Si](C)(C)O[SiH2]O[Si](CCCN)(OCO[Si](C)(C)O[SiH2]O)O[SiH2]O[Si](C)(C)C.OCCCCO. The predicted octanol–water partition coefficient (Wildman–Crippen LogP) is 0.0811. The lowest BCUT2D eigenvalue weighted by molar-refractivity contribution is 0.0385. The van der Waals surface area contributed by atoms with Gasteiger partial charge in [0.15, 0.2) is 8.32 Å². The minimum Gasteiger partial charge on any atom is -0.441 e. The molecule has 0 aromatic rings. The lowest BCUT2D eigenvalue weighted by Gasteiger charge is -2.35. The van der Waals surface area contributed by atoms with E-state index in [1.165, 1.54) is 0 Å². The van der Waals surface area contributed by atoms with Crippen LogP contribution < -0.4 is 5.73 Å². The highest BCUT2D eigenvalue weighted by Gasteiger charge is 2.43. The number of rotatable bonds is 24. The van der Waals surface area contributed by atoms with Crippen LogP contribution in [-0.2, 0) is 38.0 Å². The fourth-order valence-corrected chi connectivity index (χ4v) is 20.8. The quantitative estimate of drug-likeness (QED) is 0.0603. The van der Waals surface area contributed by atoms with E-state index >= 15 is 0 Å². The zero-order chi connectivity index (χ0) is 31.3. The molecule has 1 atom stereocenters. The summed E-state index contributed by atoms with van der Waals surface area (Å²) in [5.74, 6) is 0. The van der Waals surface area contributed by atoms with Crippen LogP contribution in [-0.4, -0.2) is 121 Å². The molecule has 0 aliphatic rings. The molecule has 1 unspecified atom stereocenters. The van der Waals surface area contributed by atoms with Gasteiger partial charge in [-0.2, -0.15) is 0 Å². The van der Waals surface area contributed by atoms with E-state index in [4.69, 9.17) is 53.9 Å². The summed E-state index contributed by atoms with van der Waals surface area (Å²) in [6, 6.07) is 0.547. The van der Waals surface area contributed by atoms with Gasteiger partial charge in [-0.05, 0) is 91.7 Å². The van der Waals surface area contributed by atoms with Gasteiger partial charge in [0.25, 0.3) is 30.0 Å². The fourth-order valence-electron chi connectivity index (χ4n) is 2.90. The maximum Gasteiger partial charge on any atom is 0.484 e. The molecular weight excluding hydrogens is 659 g/mol. The van der Waals surface area contributed by atoms with Crippen molar-refractivity contribution in [2.75, 3.05) is 33.2 Å². The fraction of sp³-hybridized carbons (Fsp3) is 1.00. The van der Waals surface area contributed by atoms with Crippen molar-refractivity contribution in [3.63, 3.8) is 0 Å². The van der Waals surface area contributed by atoms with Gasteiger partial charge >= 0.3 is 34.5 Å². The van der Waals surface area contributed by atoms with Crippen LogP contribution in [0.4, 0.5) is 0 Å². The van der Waals surface area contributed by atoms with Crippen LogP contribution in [0.3, 0.4) is 0 Å². The molecule has 244 valence electrons. The average Bonchev–Trinajstić information content (AvgIpc) is 2.79. The van der Waals surface area contributed by atoms with Gasteiger partial charge in [-0.25, -0.2) is 0 Å². The number of nitrogens with two attached hydrogens (primary N) is 1. The van der Waals surface area contributed by atoms with Crippen LogP contribution in [0, 0.1) is 0 Å². The molecule has 0 spiro atoms. The second-order valence-corrected chi connectivity index (χ2v) is 33.7. The summed E-state index contributed by atoms with van der Waals surface area (Å²) < 4.78 is 54.4. The second kappa shape index (κ2) is 22.7. The van der Waals surface area contributed by atoms with Crippen molar-refractivity contribution >= 4 is 72.8 Å². The topological polar surface area (TPSA) is 170 Å². The number of aliphatic hydroxyl groups is 2. The molecule has 0 saturated carbocycles. The van der Waals surface area contributed by atoms with Crippen LogP contribution in [0.5, 0.6) is 0 Å². The first-order valence-electron chi connectivity index (χ1n) is 13.8. The summed E-state index contributed by atoms with van der Waals surface area (Å²) in [6.07, 6.45) is 2.12. The summed E-state index contributed by atoms with van der Waals surface area (Å²) in [5.41, 5.74) is 5.80. The molecule has 0 amide bonds. The third-order valence-corrected chi connectivity index (χ3v) is 27.0. The van der Waals surface area contributed by atoms with Gasteiger partial charge in [0, 0.05) is 25.9 Å². The Bertz CT molecular complexity index is 618. The minimum absolute atomic E-state index is 0.0399. The first-order chi connectivity index (χ1) is 18.4. The third kappa shape index (κ3) is 25.7. The highest BCUT2D eigenvalue weighted by molar-refractivity contribution is 6.81. The second-order valence-electron chi connectivity index (χ2n) is 11.1. The Morgan fingerprint density at radius 3 is 1.65 bits per heavy atom. The van der Waals surface area contributed by atoms with Crippen LogP contribution in [0.25, 0.3) is 0 Å². The monoisotopic (exact) mass is 717 g/mol. The predicted molar refractivity (Wildman–Crippen MR) is 176 cm³/mol. The Labute approximate surface area is 255 Å². The van der Waals surface area contributed by atoms with E-state index < -0.39 is 72.8 Å². The number of unbranched alkanes of at least 4 members (excludes halogenated alkanes) is 1. The van der Waals surface area contributed by atoms with Crippen LogP contribution >= 0.6 is 0 Å². The standard InChI is InChI=1S/C15H49NO10Si8.C4H10O2/c1-11-18-32(7,8)26-33(9,10)23-29-25-34(14-12-13-16,24-28-22-30(2,3)4)20-15-19-31(5,6)21-27-17;5-3-1-2-4-6/h17H,11-16,27-29H2,1-10H3;5-6H,1-4H2. The summed E-state index contributed by atoms with van der Waals surface area (Å²) >= 11 is 0. The van der Waals surface area contributed by atoms with Crippen molar-refractivity contribution in [3.05, 3.63) is 0 Å². The molecular formula is C19H59NO12Si8. The molecule has 0 bridgehead atoms. The Morgan fingerprint density at radius 2 is 1.20 bits per heavy atom. The van der Waals surface area contributed by atoms with Crippen molar-refractivity contribution in [1.82, 2.24) is 0 Å². The highest BCUT2D eigenvalue weighted by Crippen LogP contribution is 2.21. The molecule has 5 N–H and O–H groups in total. The zero-order valence-electron chi connectivity index (χ0n) is 26.6. The van der Waals surface area contributed by atoms with E-state index in [1.54, 1.807) is 0 Å². The average molecular weight is 718 g/mol. The zero-order valence-corrected chi connectivity index (χ0v) is 35.8. The first kappa shape index (κ1) is 43.3. The Kier molecular flexibility index (Phi) is 24.6. The molecule has 0 aromatic heterocycles. The van der Waals surface area contributed by atoms with Crippen molar-refractivity contribution in [3.8, 4) is 0 Å². The molecule has 0 aliphatic carbocycles. The largest absolute Gasteiger partial charge is 0.484 e.